The Morgan fingerprint density at radius 2 is 2.04 bits per heavy atom. The van der Waals surface area contributed by atoms with Crippen LogP contribution < -0.4 is 10.6 Å². The molecule has 0 radical (unpaired) electrons. The Bertz CT molecular complexity index is 559. The lowest BCUT2D eigenvalue weighted by Crippen LogP contribution is -2.49. The van der Waals surface area contributed by atoms with Gasteiger partial charge in [0, 0.05) is 31.7 Å². The number of piperidine rings is 1. The fourth-order valence-corrected chi connectivity index (χ4v) is 3.00. The molecule has 2 N–H and O–H groups in total. The quantitative estimate of drug-likeness (QED) is 0.896. The number of rotatable bonds is 4. The van der Waals surface area contributed by atoms with Crippen molar-refractivity contribution in [2.45, 2.75) is 39.2 Å². The second kappa shape index (κ2) is 7.99. The molecule has 1 fully saturated rings. The molecule has 5 heteroatoms. The summed E-state index contributed by atoms with van der Waals surface area (Å²) in [5, 5.41) is 5.62. The monoisotopic (exact) mass is 317 g/mol. The summed E-state index contributed by atoms with van der Waals surface area (Å²) < 4.78 is 0. The molecule has 126 valence electrons. The first-order valence-electron chi connectivity index (χ1n) is 8.36. The number of nitrogens with zero attached hydrogens (tertiary/aromatic N) is 1. The van der Waals surface area contributed by atoms with Crippen LogP contribution in [0.2, 0.25) is 0 Å². The van der Waals surface area contributed by atoms with Gasteiger partial charge in [-0.15, -0.1) is 0 Å². The van der Waals surface area contributed by atoms with Gasteiger partial charge in [-0.05, 0) is 49.8 Å². The van der Waals surface area contributed by atoms with Gasteiger partial charge in [-0.3, -0.25) is 4.79 Å². The molecule has 1 aromatic carbocycles. The summed E-state index contributed by atoms with van der Waals surface area (Å²) in [6, 6.07) is 7.84. The van der Waals surface area contributed by atoms with Crippen LogP contribution in [-0.4, -0.2) is 43.0 Å². The van der Waals surface area contributed by atoms with Crippen LogP contribution in [0.25, 0.3) is 0 Å². The first kappa shape index (κ1) is 17.3. The molecule has 0 saturated carbocycles. The van der Waals surface area contributed by atoms with Gasteiger partial charge in [0.05, 0.1) is 0 Å². The van der Waals surface area contributed by atoms with Crippen LogP contribution in [0.15, 0.2) is 24.3 Å². The Balaban J connectivity index is 1.84. The van der Waals surface area contributed by atoms with Gasteiger partial charge in [-0.1, -0.05) is 19.1 Å². The summed E-state index contributed by atoms with van der Waals surface area (Å²) in [7, 11) is 1.62. The minimum atomic E-state index is -0.0907. The zero-order chi connectivity index (χ0) is 16.8. The minimum Gasteiger partial charge on any atom is -0.355 e. The van der Waals surface area contributed by atoms with E-state index in [4.69, 9.17) is 0 Å². The number of hydrogen-bond donors (Lipinski definition) is 2. The van der Waals surface area contributed by atoms with Crippen LogP contribution in [0.4, 0.5) is 4.79 Å². The number of carbonyl (C=O) groups is 2. The predicted octanol–water partition coefficient (Wildman–Crippen LogP) is 2.42. The number of benzene rings is 1. The summed E-state index contributed by atoms with van der Waals surface area (Å²) in [6.45, 7) is 5.71. The molecule has 0 aliphatic carbocycles. The highest BCUT2D eigenvalue weighted by atomic mass is 16.2. The fourth-order valence-electron chi connectivity index (χ4n) is 3.00. The molecule has 23 heavy (non-hydrogen) atoms. The number of nitrogens with one attached hydrogen (secondary N) is 2. The van der Waals surface area contributed by atoms with Crippen LogP contribution in [0.1, 0.15) is 42.6 Å². The lowest BCUT2D eigenvalue weighted by molar-refractivity contribution is 0.0963. The zero-order valence-electron chi connectivity index (χ0n) is 14.3. The van der Waals surface area contributed by atoms with Gasteiger partial charge >= 0.3 is 6.03 Å². The third kappa shape index (κ3) is 4.71. The van der Waals surface area contributed by atoms with E-state index in [0.29, 0.717) is 30.5 Å². The Kier molecular flexibility index (Phi) is 6.02. The van der Waals surface area contributed by atoms with Crippen molar-refractivity contribution in [2.75, 3.05) is 20.1 Å². The molecule has 0 aromatic heterocycles. The van der Waals surface area contributed by atoms with Gasteiger partial charge < -0.3 is 15.5 Å². The van der Waals surface area contributed by atoms with Gasteiger partial charge in [-0.2, -0.15) is 0 Å². The molecule has 1 saturated heterocycles. The Morgan fingerprint density at radius 3 is 2.78 bits per heavy atom. The summed E-state index contributed by atoms with van der Waals surface area (Å²) in [6.07, 6.45) is 2.98. The standard InChI is InChI=1S/C18H27N3O2/c1-13-7-8-14(2)21(12-13)18(23)20-10-9-15-5-4-6-16(11-15)17(22)19-3/h4-6,11,13-14H,7-10,12H2,1-3H3,(H,19,22)(H,20,23)/t13-,14+/m1/s1. The van der Waals surface area contributed by atoms with Crippen molar-refractivity contribution in [1.29, 1.82) is 0 Å². The Morgan fingerprint density at radius 1 is 1.26 bits per heavy atom. The third-order valence-corrected chi connectivity index (χ3v) is 4.48. The van der Waals surface area contributed by atoms with Crippen LogP contribution in [0, 0.1) is 5.92 Å². The Hall–Kier alpha value is -2.04. The van der Waals surface area contributed by atoms with Crippen molar-refractivity contribution < 1.29 is 9.59 Å². The normalized spacial score (nSPS) is 20.9. The number of urea groups is 1. The average molecular weight is 317 g/mol. The van der Waals surface area contributed by atoms with Crippen molar-refractivity contribution in [3.63, 3.8) is 0 Å². The molecule has 0 bridgehead atoms. The summed E-state index contributed by atoms with van der Waals surface area (Å²) in [5.74, 6) is 0.480. The lowest BCUT2D eigenvalue weighted by atomic mass is 9.95. The van der Waals surface area contributed by atoms with Crippen LogP contribution in [0.3, 0.4) is 0 Å². The molecule has 0 spiro atoms. The molecular weight excluding hydrogens is 290 g/mol. The highest BCUT2D eigenvalue weighted by Gasteiger charge is 2.26. The van der Waals surface area contributed by atoms with E-state index in [9.17, 15) is 9.59 Å². The van der Waals surface area contributed by atoms with Gasteiger partial charge in [0.25, 0.3) is 5.91 Å². The highest BCUT2D eigenvalue weighted by Crippen LogP contribution is 2.21. The molecule has 3 amide bonds. The van der Waals surface area contributed by atoms with Crippen LogP contribution in [0.5, 0.6) is 0 Å². The molecule has 1 aliphatic heterocycles. The molecule has 5 nitrogen and oxygen atoms in total. The largest absolute Gasteiger partial charge is 0.355 e. The first-order chi connectivity index (χ1) is 11.0. The number of hydrogen-bond acceptors (Lipinski definition) is 2. The maximum atomic E-state index is 12.3. The molecule has 1 aliphatic rings. The number of likely N-dealkylation sites (tertiary alicyclic amines) is 1. The van der Waals surface area contributed by atoms with Crippen LogP contribution in [-0.2, 0) is 6.42 Å². The second-order valence-corrected chi connectivity index (χ2v) is 6.45. The predicted molar refractivity (Wildman–Crippen MR) is 91.5 cm³/mol. The highest BCUT2D eigenvalue weighted by molar-refractivity contribution is 5.94. The second-order valence-electron chi connectivity index (χ2n) is 6.45. The van der Waals surface area contributed by atoms with E-state index in [1.807, 2.05) is 23.1 Å². The van der Waals surface area contributed by atoms with E-state index >= 15 is 0 Å². The van der Waals surface area contributed by atoms with Crippen LogP contribution >= 0.6 is 0 Å². The van der Waals surface area contributed by atoms with Gasteiger partial charge in [0.15, 0.2) is 0 Å². The SMILES string of the molecule is CNC(=O)c1cccc(CCNC(=O)N2C[C@H](C)CC[C@@H]2C)c1. The fraction of sp³-hybridized carbons (Fsp3) is 0.556. The van der Waals surface area contributed by atoms with Gasteiger partial charge in [0.1, 0.15) is 0 Å². The maximum Gasteiger partial charge on any atom is 0.317 e. The maximum absolute atomic E-state index is 12.3. The average Bonchev–Trinajstić information content (AvgIpc) is 2.56. The number of carbonyl (C=O) groups excluding carboxylic acids is 2. The minimum absolute atomic E-state index is 0.0199. The Labute approximate surface area is 138 Å². The van der Waals surface area contributed by atoms with E-state index in [1.54, 1.807) is 13.1 Å². The first-order valence-corrected chi connectivity index (χ1v) is 8.36. The van der Waals surface area contributed by atoms with E-state index in [1.165, 1.54) is 6.42 Å². The molecule has 0 unspecified atom stereocenters. The van der Waals surface area contributed by atoms with Crippen molar-refractivity contribution >= 4 is 11.9 Å². The van der Waals surface area contributed by atoms with E-state index < -0.39 is 0 Å². The molecular formula is C18H27N3O2. The molecule has 1 heterocycles. The summed E-state index contributed by atoms with van der Waals surface area (Å²) in [5.41, 5.74) is 1.70. The van der Waals surface area contributed by atoms with Crippen molar-refractivity contribution in [3.05, 3.63) is 35.4 Å². The smallest absolute Gasteiger partial charge is 0.317 e. The van der Waals surface area contributed by atoms with Crippen molar-refractivity contribution in [2.24, 2.45) is 5.92 Å². The van der Waals surface area contributed by atoms with E-state index in [-0.39, 0.29) is 11.9 Å². The molecule has 2 rings (SSSR count). The van der Waals surface area contributed by atoms with E-state index in [2.05, 4.69) is 24.5 Å². The van der Waals surface area contributed by atoms with Crippen molar-refractivity contribution in [1.82, 2.24) is 15.5 Å². The number of amides is 3. The van der Waals surface area contributed by atoms with E-state index in [0.717, 1.165) is 18.5 Å². The lowest BCUT2D eigenvalue weighted by Gasteiger charge is -2.36. The third-order valence-electron chi connectivity index (χ3n) is 4.48. The van der Waals surface area contributed by atoms with Gasteiger partial charge in [0.2, 0.25) is 0 Å². The molecule has 1 aromatic rings. The van der Waals surface area contributed by atoms with Crippen molar-refractivity contribution in [3.8, 4) is 0 Å². The topological polar surface area (TPSA) is 61.4 Å². The van der Waals surface area contributed by atoms with Gasteiger partial charge in [-0.25, -0.2) is 4.79 Å². The zero-order valence-corrected chi connectivity index (χ0v) is 14.3. The molecule has 2 atom stereocenters. The summed E-state index contributed by atoms with van der Waals surface area (Å²) in [4.78, 5) is 25.9. The summed E-state index contributed by atoms with van der Waals surface area (Å²) >= 11 is 0.